The first-order valence-corrected chi connectivity index (χ1v) is 10.1. The first kappa shape index (κ1) is 19.3. The van der Waals surface area contributed by atoms with Crippen molar-refractivity contribution >= 4 is 21.6 Å². The third-order valence-electron chi connectivity index (χ3n) is 4.58. The van der Waals surface area contributed by atoms with E-state index in [1.807, 2.05) is 7.05 Å². The quantitative estimate of drug-likeness (QED) is 0.780. The molecule has 0 spiro atoms. The van der Waals surface area contributed by atoms with Crippen LogP contribution in [0.5, 0.6) is 0 Å². The Bertz CT molecular complexity index is 880. The number of carbonyl (C=O) groups excluding carboxylic acids is 1. The van der Waals surface area contributed by atoms with Gasteiger partial charge in [0.15, 0.2) is 0 Å². The standard InChI is InChI=1S/C19H22FN3O3S/c1-21-11-13-22(14-12-21)19(24)15-23(17-5-3-2-4-6-17)27(25,26)18-9-7-16(20)8-10-18/h2-10H,11-15H2,1H3. The summed E-state index contributed by atoms with van der Waals surface area (Å²) in [5, 5.41) is 0. The topological polar surface area (TPSA) is 60.9 Å². The molecule has 2 aromatic rings. The van der Waals surface area contributed by atoms with Gasteiger partial charge in [-0.3, -0.25) is 9.10 Å². The van der Waals surface area contributed by atoms with E-state index in [4.69, 9.17) is 0 Å². The van der Waals surface area contributed by atoms with Gasteiger partial charge in [-0.25, -0.2) is 12.8 Å². The molecule has 6 nitrogen and oxygen atoms in total. The third-order valence-corrected chi connectivity index (χ3v) is 6.37. The lowest BCUT2D eigenvalue weighted by Crippen LogP contribution is -2.50. The minimum atomic E-state index is -4.01. The molecule has 144 valence electrons. The van der Waals surface area contributed by atoms with Crippen molar-refractivity contribution in [2.24, 2.45) is 0 Å². The summed E-state index contributed by atoms with van der Waals surface area (Å²) in [7, 11) is -2.02. The fraction of sp³-hybridized carbons (Fsp3) is 0.316. The Morgan fingerprint density at radius 1 is 1.00 bits per heavy atom. The molecule has 0 saturated carbocycles. The van der Waals surface area contributed by atoms with Crippen LogP contribution in [-0.2, 0) is 14.8 Å². The lowest BCUT2D eigenvalue weighted by atomic mass is 10.3. The normalized spacial score (nSPS) is 15.6. The van der Waals surface area contributed by atoms with Crippen LogP contribution in [0.25, 0.3) is 0 Å². The van der Waals surface area contributed by atoms with E-state index >= 15 is 0 Å². The van der Waals surface area contributed by atoms with E-state index in [1.165, 1.54) is 12.1 Å². The van der Waals surface area contributed by atoms with Gasteiger partial charge >= 0.3 is 0 Å². The van der Waals surface area contributed by atoms with E-state index in [0.29, 0.717) is 18.8 Å². The van der Waals surface area contributed by atoms with Crippen molar-refractivity contribution in [2.75, 3.05) is 44.1 Å². The molecule has 1 amide bonds. The van der Waals surface area contributed by atoms with E-state index in [9.17, 15) is 17.6 Å². The smallest absolute Gasteiger partial charge is 0.264 e. The number of hydrogen-bond donors (Lipinski definition) is 0. The number of likely N-dealkylation sites (N-methyl/N-ethyl adjacent to an activating group) is 1. The molecule has 1 heterocycles. The molecule has 1 aliphatic heterocycles. The van der Waals surface area contributed by atoms with Gasteiger partial charge in [0, 0.05) is 26.2 Å². The van der Waals surface area contributed by atoms with Crippen LogP contribution in [0.3, 0.4) is 0 Å². The van der Waals surface area contributed by atoms with Crippen LogP contribution in [0, 0.1) is 5.82 Å². The maximum atomic E-state index is 13.2. The highest BCUT2D eigenvalue weighted by Crippen LogP contribution is 2.24. The number of hydrogen-bond acceptors (Lipinski definition) is 4. The van der Waals surface area contributed by atoms with Crippen LogP contribution in [0.1, 0.15) is 0 Å². The number of nitrogens with zero attached hydrogens (tertiary/aromatic N) is 3. The molecule has 2 aromatic carbocycles. The molecule has 0 aliphatic carbocycles. The molecule has 1 saturated heterocycles. The Kier molecular flexibility index (Phi) is 5.76. The van der Waals surface area contributed by atoms with Gasteiger partial charge in [-0.1, -0.05) is 18.2 Å². The number of amides is 1. The fourth-order valence-electron chi connectivity index (χ4n) is 2.92. The average molecular weight is 391 g/mol. The molecule has 0 unspecified atom stereocenters. The first-order chi connectivity index (χ1) is 12.9. The summed E-state index contributed by atoms with van der Waals surface area (Å²) in [5.74, 6) is -0.772. The lowest BCUT2D eigenvalue weighted by molar-refractivity contribution is -0.131. The van der Waals surface area contributed by atoms with Crippen molar-refractivity contribution < 1.29 is 17.6 Å². The van der Waals surface area contributed by atoms with E-state index in [1.54, 1.807) is 35.2 Å². The Hall–Kier alpha value is -2.45. The number of rotatable bonds is 5. The van der Waals surface area contributed by atoms with Crippen molar-refractivity contribution in [1.82, 2.24) is 9.80 Å². The monoisotopic (exact) mass is 391 g/mol. The molecule has 1 aliphatic rings. The summed E-state index contributed by atoms with van der Waals surface area (Å²) < 4.78 is 40.6. The SMILES string of the molecule is CN1CCN(C(=O)CN(c2ccccc2)S(=O)(=O)c2ccc(F)cc2)CC1. The van der Waals surface area contributed by atoms with Gasteiger partial charge in [0.25, 0.3) is 10.0 Å². The van der Waals surface area contributed by atoms with Crippen LogP contribution in [0.2, 0.25) is 0 Å². The summed E-state index contributed by atoms with van der Waals surface area (Å²) in [6.07, 6.45) is 0. The summed E-state index contributed by atoms with van der Waals surface area (Å²) in [5.41, 5.74) is 0.393. The molecule has 8 heteroatoms. The summed E-state index contributed by atoms with van der Waals surface area (Å²) in [6, 6.07) is 13.1. The number of sulfonamides is 1. The molecular weight excluding hydrogens is 369 g/mol. The largest absolute Gasteiger partial charge is 0.339 e. The lowest BCUT2D eigenvalue weighted by Gasteiger charge is -2.34. The molecule has 0 radical (unpaired) electrons. The Labute approximate surface area is 158 Å². The first-order valence-electron chi connectivity index (χ1n) is 8.67. The zero-order chi connectivity index (χ0) is 19.4. The van der Waals surface area contributed by atoms with Gasteiger partial charge in [0.05, 0.1) is 10.6 Å². The van der Waals surface area contributed by atoms with Gasteiger partial charge in [0.1, 0.15) is 12.4 Å². The van der Waals surface area contributed by atoms with Crippen molar-refractivity contribution in [3.63, 3.8) is 0 Å². The second-order valence-electron chi connectivity index (χ2n) is 6.49. The van der Waals surface area contributed by atoms with Crippen LogP contribution >= 0.6 is 0 Å². The number of carbonyl (C=O) groups is 1. The zero-order valence-electron chi connectivity index (χ0n) is 15.1. The predicted octanol–water partition coefficient (Wildman–Crippen LogP) is 1.79. The third kappa shape index (κ3) is 4.45. The predicted molar refractivity (Wildman–Crippen MR) is 101 cm³/mol. The summed E-state index contributed by atoms with van der Waals surface area (Å²) >= 11 is 0. The molecule has 0 atom stereocenters. The second-order valence-corrected chi connectivity index (χ2v) is 8.35. The van der Waals surface area contributed by atoms with Crippen LogP contribution in [-0.4, -0.2) is 63.9 Å². The summed E-state index contributed by atoms with van der Waals surface area (Å²) in [4.78, 5) is 16.5. The van der Waals surface area contributed by atoms with Crippen molar-refractivity contribution in [2.45, 2.75) is 4.90 Å². The van der Waals surface area contributed by atoms with Crippen LogP contribution < -0.4 is 4.31 Å². The average Bonchev–Trinajstić information content (AvgIpc) is 2.67. The Balaban J connectivity index is 1.90. The number of piperazine rings is 1. The minimum Gasteiger partial charge on any atom is -0.339 e. The van der Waals surface area contributed by atoms with Crippen molar-refractivity contribution in [3.05, 3.63) is 60.4 Å². The maximum absolute atomic E-state index is 13.2. The number of halogens is 1. The van der Waals surface area contributed by atoms with Crippen LogP contribution in [0.4, 0.5) is 10.1 Å². The Morgan fingerprint density at radius 2 is 1.59 bits per heavy atom. The van der Waals surface area contributed by atoms with E-state index in [2.05, 4.69) is 4.90 Å². The van der Waals surface area contributed by atoms with Gasteiger partial charge in [0.2, 0.25) is 5.91 Å². The van der Waals surface area contributed by atoms with Gasteiger partial charge in [-0.2, -0.15) is 0 Å². The highest BCUT2D eigenvalue weighted by Gasteiger charge is 2.29. The zero-order valence-corrected chi connectivity index (χ0v) is 15.9. The highest BCUT2D eigenvalue weighted by molar-refractivity contribution is 7.92. The van der Waals surface area contributed by atoms with Crippen molar-refractivity contribution in [3.8, 4) is 0 Å². The molecule has 0 bridgehead atoms. The van der Waals surface area contributed by atoms with Gasteiger partial charge in [-0.15, -0.1) is 0 Å². The minimum absolute atomic E-state index is 0.0565. The van der Waals surface area contributed by atoms with E-state index in [0.717, 1.165) is 29.5 Å². The summed E-state index contributed by atoms with van der Waals surface area (Å²) in [6.45, 7) is 2.33. The molecular formula is C19H22FN3O3S. The highest BCUT2D eigenvalue weighted by atomic mass is 32.2. The van der Waals surface area contributed by atoms with Gasteiger partial charge in [-0.05, 0) is 43.4 Å². The Morgan fingerprint density at radius 3 is 2.19 bits per heavy atom. The number of benzene rings is 2. The van der Waals surface area contributed by atoms with E-state index < -0.39 is 15.8 Å². The molecule has 3 rings (SSSR count). The van der Waals surface area contributed by atoms with Crippen LogP contribution in [0.15, 0.2) is 59.5 Å². The number of para-hydroxylation sites is 1. The van der Waals surface area contributed by atoms with Crippen molar-refractivity contribution in [1.29, 1.82) is 0 Å². The molecule has 27 heavy (non-hydrogen) atoms. The number of anilines is 1. The maximum Gasteiger partial charge on any atom is 0.264 e. The van der Waals surface area contributed by atoms with Gasteiger partial charge < -0.3 is 9.80 Å². The second kappa shape index (κ2) is 8.06. The molecule has 1 fully saturated rings. The molecule has 0 N–H and O–H groups in total. The fourth-order valence-corrected chi connectivity index (χ4v) is 4.34. The molecule has 0 aromatic heterocycles. The van der Waals surface area contributed by atoms with E-state index in [-0.39, 0.29) is 17.3 Å².